The van der Waals surface area contributed by atoms with Crippen LogP contribution in [0, 0.1) is 0 Å². The summed E-state index contributed by atoms with van der Waals surface area (Å²) in [6.45, 7) is 7.68. The zero-order valence-electron chi connectivity index (χ0n) is 11.9. The van der Waals surface area contributed by atoms with Crippen LogP contribution in [0.15, 0.2) is 18.2 Å². The molecule has 0 saturated carbocycles. The molecule has 1 aromatic rings. The fourth-order valence-corrected chi connectivity index (χ4v) is 1.98. The molecule has 4 nitrogen and oxygen atoms in total. The quantitative estimate of drug-likeness (QED) is 0.796. The standard InChI is InChI=1S/C15H24N2O2/c1-3-17(2)8-7-16-12-13-5-6-14-15(11-13)19-10-4-9-18-14/h5-6,11,16H,3-4,7-10,12H2,1-2H3. The van der Waals surface area contributed by atoms with E-state index < -0.39 is 0 Å². The van der Waals surface area contributed by atoms with Crippen molar-refractivity contribution in [2.75, 3.05) is 39.9 Å². The molecule has 0 atom stereocenters. The summed E-state index contributed by atoms with van der Waals surface area (Å²) in [6, 6.07) is 6.19. The SMILES string of the molecule is CCN(C)CCNCc1ccc2c(c1)OCCCO2. The Bertz CT molecular complexity index is 396. The summed E-state index contributed by atoms with van der Waals surface area (Å²) < 4.78 is 11.3. The second kappa shape index (κ2) is 7.36. The lowest BCUT2D eigenvalue weighted by Gasteiger charge is -2.14. The Labute approximate surface area is 115 Å². The van der Waals surface area contributed by atoms with Gasteiger partial charge >= 0.3 is 0 Å². The van der Waals surface area contributed by atoms with E-state index in [0.29, 0.717) is 0 Å². The van der Waals surface area contributed by atoms with Crippen molar-refractivity contribution in [1.82, 2.24) is 10.2 Å². The molecule has 0 bridgehead atoms. The van der Waals surface area contributed by atoms with Gasteiger partial charge in [0.25, 0.3) is 0 Å². The molecule has 0 radical (unpaired) electrons. The molecule has 19 heavy (non-hydrogen) atoms. The Morgan fingerprint density at radius 2 is 2.00 bits per heavy atom. The molecule has 1 aliphatic rings. The maximum absolute atomic E-state index is 5.69. The van der Waals surface area contributed by atoms with Crippen LogP contribution in [0.3, 0.4) is 0 Å². The van der Waals surface area contributed by atoms with Crippen molar-refractivity contribution in [2.24, 2.45) is 0 Å². The first-order chi connectivity index (χ1) is 9.29. The van der Waals surface area contributed by atoms with Crippen LogP contribution in [-0.4, -0.2) is 44.8 Å². The first-order valence-corrected chi connectivity index (χ1v) is 7.07. The van der Waals surface area contributed by atoms with Gasteiger partial charge in [0.05, 0.1) is 13.2 Å². The molecular weight excluding hydrogens is 240 g/mol. The van der Waals surface area contributed by atoms with Gasteiger partial charge in [-0.1, -0.05) is 13.0 Å². The Hall–Kier alpha value is -1.26. The van der Waals surface area contributed by atoms with Crippen molar-refractivity contribution >= 4 is 0 Å². The lowest BCUT2D eigenvalue weighted by Crippen LogP contribution is -2.28. The van der Waals surface area contributed by atoms with Crippen LogP contribution in [0.5, 0.6) is 11.5 Å². The van der Waals surface area contributed by atoms with E-state index in [9.17, 15) is 0 Å². The second-order valence-corrected chi connectivity index (χ2v) is 4.90. The highest BCUT2D eigenvalue weighted by molar-refractivity contribution is 5.43. The Balaban J connectivity index is 1.82. The van der Waals surface area contributed by atoms with E-state index in [1.54, 1.807) is 0 Å². The number of ether oxygens (including phenoxy) is 2. The average Bonchev–Trinajstić information content (AvgIpc) is 2.68. The van der Waals surface area contributed by atoms with Crippen LogP contribution in [-0.2, 0) is 6.54 Å². The predicted molar refractivity (Wildman–Crippen MR) is 76.9 cm³/mol. The van der Waals surface area contributed by atoms with E-state index in [2.05, 4.69) is 36.3 Å². The predicted octanol–water partition coefficient (Wildman–Crippen LogP) is 1.89. The molecule has 2 rings (SSSR count). The van der Waals surface area contributed by atoms with E-state index in [0.717, 1.165) is 57.3 Å². The zero-order valence-corrected chi connectivity index (χ0v) is 11.9. The Morgan fingerprint density at radius 1 is 1.21 bits per heavy atom. The van der Waals surface area contributed by atoms with Crippen molar-refractivity contribution in [3.05, 3.63) is 23.8 Å². The van der Waals surface area contributed by atoms with Gasteiger partial charge in [0.1, 0.15) is 0 Å². The summed E-state index contributed by atoms with van der Waals surface area (Å²) in [6.07, 6.45) is 0.950. The number of nitrogens with zero attached hydrogens (tertiary/aromatic N) is 1. The van der Waals surface area contributed by atoms with Gasteiger partial charge in [0, 0.05) is 26.1 Å². The van der Waals surface area contributed by atoms with Gasteiger partial charge in [-0.3, -0.25) is 0 Å². The fraction of sp³-hybridized carbons (Fsp3) is 0.600. The molecule has 0 fully saturated rings. The van der Waals surface area contributed by atoms with Gasteiger partial charge in [-0.2, -0.15) is 0 Å². The number of rotatable bonds is 6. The summed E-state index contributed by atoms with van der Waals surface area (Å²) in [7, 11) is 2.13. The van der Waals surface area contributed by atoms with Gasteiger partial charge in [0.2, 0.25) is 0 Å². The number of likely N-dealkylation sites (N-methyl/N-ethyl adjacent to an activating group) is 1. The van der Waals surface area contributed by atoms with E-state index in [1.807, 2.05) is 6.07 Å². The first-order valence-electron chi connectivity index (χ1n) is 7.07. The molecule has 4 heteroatoms. The van der Waals surface area contributed by atoms with Crippen molar-refractivity contribution < 1.29 is 9.47 Å². The topological polar surface area (TPSA) is 33.7 Å². The molecule has 1 N–H and O–H groups in total. The van der Waals surface area contributed by atoms with E-state index >= 15 is 0 Å². The van der Waals surface area contributed by atoms with Crippen molar-refractivity contribution in [1.29, 1.82) is 0 Å². The van der Waals surface area contributed by atoms with E-state index in [1.165, 1.54) is 5.56 Å². The highest BCUT2D eigenvalue weighted by atomic mass is 16.5. The van der Waals surface area contributed by atoms with Gasteiger partial charge in [0.15, 0.2) is 11.5 Å². The number of fused-ring (bicyclic) bond motifs is 1. The average molecular weight is 264 g/mol. The number of hydrogen-bond acceptors (Lipinski definition) is 4. The van der Waals surface area contributed by atoms with Crippen LogP contribution in [0.2, 0.25) is 0 Å². The third-order valence-electron chi connectivity index (χ3n) is 3.35. The molecule has 1 aromatic carbocycles. The summed E-state index contributed by atoms with van der Waals surface area (Å²) in [5.74, 6) is 1.74. The molecule has 0 unspecified atom stereocenters. The molecule has 0 aromatic heterocycles. The monoisotopic (exact) mass is 264 g/mol. The maximum Gasteiger partial charge on any atom is 0.161 e. The van der Waals surface area contributed by atoms with Crippen LogP contribution in [0.25, 0.3) is 0 Å². The number of benzene rings is 1. The maximum atomic E-state index is 5.69. The molecule has 106 valence electrons. The van der Waals surface area contributed by atoms with Crippen molar-refractivity contribution in [3.63, 3.8) is 0 Å². The largest absolute Gasteiger partial charge is 0.490 e. The Kier molecular flexibility index (Phi) is 5.48. The summed E-state index contributed by atoms with van der Waals surface area (Å²) >= 11 is 0. The molecule has 1 aliphatic heterocycles. The smallest absolute Gasteiger partial charge is 0.161 e. The Morgan fingerprint density at radius 3 is 2.79 bits per heavy atom. The van der Waals surface area contributed by atoms with Crippen LogP contribution >= 0.6 is 0 Å². The third-order valence-corrected chi connectivity index (χ3v) is 3.35. The molecule has 0 saturated heterocycles. The summed E-state index contributed by atoms with van der Waals surface area (Å²) in [5.41, 5.74) is 1.24. The lowest BCUT2D eigenvalue weighted by atomic mass is 10.2. The molecule has 0 aliphatic carbocycles. The highest BCUT2D eigenvalue weighted by Crippen LogP contribution is 2.30. The first kappa shape index (κ1) is 14.2. The molecule has 0 spiro atoms. The lowest BCUT2D eigenvalue weighted by molar-refractivity contribution is 0.297. The molecule has 0 amide bonds. The van der Waals surface area contributed by atoms with Crippen molar-refractivity contribution in [3.8, 4) is 11.5 Å². The second-order valence-electron chi connectivity index (χ2n) is 4.90. The van der Waals surface area contributed by atoms with E-state index in [-0.39, 0.29) is 0 Å². The zero-order chi connectivity index (χ0) is 13.5. The highest BCUT2D eigenvalue weighted by Gasteiger charge is 2.10. The number of hydrogen-bond donors (Lipinski definition) is 1. The van der Waals surface area contributed by atoms with Gasteiger partial charge in [-0.25, -0.2) is 0 Å². The van der Waals surface area contributed by atoms with Gasteiger partial charge in [-0.15, -0.1) is 0 Å². The minimum Gasteiger partial charge on any atom is -0.490 e. The summed E-state index contributed by atoms with van der Waals surface area (Å²) in [5, 5.41) is 3.45. The number of nitrogens with one attached hydrogen (secondary N) is 1. The van der Waals surface area contributed by atoms with Crippen LogP contribution in [0.4, 0.5) is 0 Å². The molecule has 1 heterocycles. The third kappa shape index (κ3) is 4.40. The van der Waals surface area contributed by atoms with Gasteiger partial charge < -0.3 is 19.7 Å². The van der Waals surface area contributed by atoms with E-state index in [4.69, 9.17) is 9.47 Å². The van der Waals surface area contributed by atoms with Crippen LogP contribution in [0.1, 0.15) is 18.9 Å². The van der Waals surface area contributed by atoms with Crippen molar-refractivity contribution in [2.45, 2.75) is 19.9 Å². The normalized spacial score (nSPS) is 14.5. The fourth-order valence-electron chi connectivity index (χ4n) is 1.98. The van der Waals surface area contributed by atoms with Gasteiger partial charge in [-0.05, 0) is 31.3 Å². The minimum atomic E-state index is 0.741. The summed E-state index contributed by atoms with van der Waals surface area (Å²) in [4.78, 5) is 2.29. The molecular formula is C15H24N2O2. The minimum absolute atomic E-state index is 0.741. The van der Waals surface area contributed by atoms with Crippen LogP contribution < -0.4 is 14.8 Å².